The number of fused-ring (bicyclic) bond motifs is 2. The summed E-state index contributed by atoms with van der Waals surface area (Å²) in [6, 6.07) is 6.89. The molecule has 0 radical (unpaired) electrons. The van der Waals surface area contributed by atoms with E-state index < -0.39 is 17.8 Å². The number of aromatic nitrogens is 5. The Morgan fingerprint density at radius 3 is 2.79 bits per heavy atom. The number of ether oxygens (including phenoxy) is 2. The second-order valence-corrected chi connectivity index (χ2v) is 7.30. The van der Waals surface area contributed by atoms with Gasteiger partial charge in [-0.2, -0.15) is 18.3 Å². The van der Waals surface area contributed by atoms with Crippen molar-refractivity contribution in [2.75, 3.05) is 13.3 Å². The number of carbonyl (C=O) groups is 1. The maximum atomic E-state index is 13.8. The molecule has 33 heavy (non-hydrogen) atoms. The number of hydrogen-bond donors (Lipinski definition) is 1. The predicted octanol–water partition coefficient (Wildman–Crippen LogP) is 3.16. The number of benzene rings is 1. The molecule has 5 rings (SSSR count). The molecule has 1 aromatic carbocycles. The molecule has 1 aliphatic rings. The van der Waals surface area contributed by atoms with Crippen LogP contribution in [0.25, 0.3) is 16.9 Å². The van der Waals surface area contributed by atoms with Gasteiger partial charge in [-0.3, -0.25) is 4.79 Å². The molecular formula is C21H17F3N6O3. The van der Waals surface area contributed by atoms with Gasteiger partial charge in [0.1, 0.15) is 0 Å². The fourth-order valence-corrected chi connectivity index (χ4v) is 3.46. The van der Waals surface area contributed by atoms with Crippen LogP contribution in [0.4, 0.5) is 13.2 Å². The normalized spacial score (nSPS) is 12.9. The first-order valence-corrected chi connectivity index (χ1v) is 10.0. The Kier molecular flexibility index (Phi) is 5.11. The van der Waals surface area contributed by atoms with Crippen LogP contribution in [0.3, 0.4) is 0 Å². The van der Waals surface area contributed by atoms with Crippen molar-refractivity contribution >= 4 is 11.6 Å². The van der Waals surface area contributed by atoms with Crippen molar-refractivity contribution in [2.24, 2.45) is 0 Å². The van der Waals surface area contributed by atoms with Gasteiger partial charge in [0, 0.05) is 37.1 Å². The number of alkyl halides is 3. The predicted molar refractivity (Wildman–Crippen MR) is 109 cm³/mol. The monoisotopic (exact) mass is 458 g/mol. The summed E-state index contributed by atoms with van der Waals surface area (Å²) in [6.07, 6.45) is 1.02. The third-order valence-electron chi connectivity index (χ3n) is 5.06. The summed E-state index contributed by atoms with van der Waals surface area (Å²) in [6.45, 7) is 1.01. The van der Waals surface area contributed by atoms with Crippen molar-refractivity contribution < 1.29 is 27.4 Å². The fraction of sp³-hybridized carbons (Fsp3) is 0.238. The van der Waals surface area contributed by atoms with Gasteiger partial charge in [-0.25, -0.2) is 14.5 Å². The van der Waals surface area contributed by atoms with Crippen molar-refractivity contribution in [1.82, 2.24) is 29.5 Å². The smallest absolute Gasteiger partial charge is 0.433 e. The highest BCUT2D eigenvalue weighted by atomic mass is 19.4. The molecule has 0 saturated heterocycles. The van der Waals surface area contributed by atoms with Crippen LogP contribution in [0.5, 0.6) is 11.5 Å². The Labute approximate surface area is 184 Å². The van der Waals surface area contributed by atoms with Crippen LogP contribution in [0.15, 0.2) is 49.1 Å². The lowest BCUT2D eigenvalue weighted by Gasteiger charge is -2.11. The molecule has 1 amide bonds. The molecule has 4 aromatic rings. The Morgan fingerprint density at radius 2 is 2.00 bits per heavy atom. The standard InChI is InChI=1S/C21H17F3N6O3/c22-21(23,24)18-9-14(13-2-3-16-17(8-13)33-12-32-16)27-19-10-15(28-30(18)19)20(31)26-4-1-6-29-7-5-25-11-29/h2-3,5,7-11H,1,4,6,12H2,(H,26,31). The Morgan fingerprint density at radius 1 is 1.15 bits per heavy atom. The summed E-state index contributed by atoms with van der Waals surface area (Å²) in [5.74, 6) is 0.350. The number of nitrogens with one attached hydrogen (secondary N) is 1. The van der Waals surface area contributed by atoms with Gasteiger partial charge >= 0.3 is 6.18 Å². The largest absolute Gasteiger partial charge is 0.454 e. The summed E-state index contributed by atoms with van der Waals surface area (Å²) >= 11 is 0. The number of rotatable bonds is 6. The van der Waals surface area contributed by atoms with E-state index in [1.165, 1.54) is 6.07 Å². The number of nitrogens with zero attached hydrogens (tertiary/aromatic N) is 5. The van der Waals surface area contributed by atoms with Crippen molar-refractivity contribution in [3.63, 3.8) is 0 Å². The highest BCUT2D eigenvalue weighted by Crippen LogP contribution is 2.37. The molecule has 3 aromatic heterocycles. The van der Waals surface area contributed by atoms with Crippen molar-refractivity contribution in [2.45, 2.75) is 19.1 Å². The van der Waals surface area contributed by atoms with Crippen LogP contribution < -0.4 is 14.8 Å². The first kappa shape index (κ1) is 20.8. The zero-order chi connectivity index (χ0) is 23.0. The molecule has 1 aliphatic heterocycles. The first-order valence-electron chi connectivity index (χ1n) is 10.0. The molecule has 0 saturated carbocycles. The zero-order valence-corrected chi connectivity index (χ0v) is 17.0. The topological polar surface area (TPSA) is 95.6 Å². The van der Waals surface area contributed by atoms with Gasteiger partial charge in [0.25, 0.3) is 5.91 Å². The first-order chi connectivity index (χ1) is 15.9. The molecule has 0 fully saturated rings. The van der Waals surface area contributed by atoms with E-state index in [1.807, 2.05) is 4.57 Å². The highest BCUT2D eigenvalue weighted by Gasteiger charge is 2.35. The molecule has 0 aliphatic carbocycles. The lowest BCUT2D eigenvalue weighted by atomic mass is 10.1. The second-order valence-electron chi connectivity index (χ2n) is 7.30. The Bertz CT molecular complexity index is 1320. The summed E-state index contributed by atoms with van der Waals surface area (Å²) in [7, 11) is 0. The van der Waals surface area contributed by atoms with Crippen LogP contribution in [-0.2, 0) is 12.7 Å². The van der Waals surface area contributed by atoms with Gasteiger partial charge in [-0.05, 0) is 30.7 Å². The third-order valence-corrected chi connectivity index (χ3v) is 5.06. The average Bonchev–Trinajstić information content (AvgIpc) is 3.54. The van der Waals surface area contributed by atoms with E-state index in [0.717, 1.165) is 6.07 Å². The lowest BCUT2D eigenvalue weighted by molar-refractivity contribution is -0.142. The molecule has 0 unspecified atom stereocenters. The molecule has 4 heterocycles. The minimum Gasteiger partial charge on any atom is -0.454 e. The third kappa shape index (κ3) is 4.19. The van der Waals surface area contributed by atoms with Gasteiger partial charge in [-0.1, -0.05) is 0 Å². The average molecular weight is 458 g/mol. The number of imidazole rings is 1. The van der Waals surface area contributed by atoms with E-state index in [-0.39, 0.29) is 23.8 Å². The number of carbonyl (C=O) groups excluding carboxylic acids is 1. The van der Waals surface area contributed by atoms with E-state index in [2.05, 4.69) is 20.4 Å². The molecule has 0 bridgehead atoms. The second kappa shape index (κ2) is 8.11. The van der Waals surface area contributed by atoms with Crippen LogP contribution in [0.1, 0.15) is 22.6 Å². The lowest BCUT2D eigenvalue weighted by Crippen LogP contribution is -2.25. The summed E-state index contributed by atoms with van der Waals surface area (Å²) < 4.78 is 54.4. The van der Waals surface area contributed by atoms with Gasteiger partial charge in [0.2, 0.25) is 6.79 Å². The minimum atomic E-state index is -4.71. The van der Waals surface area contributed by atoms with E-state index in [4.69, 9.17) is 9.47 Å². The van der Waals surface area contributed by atoms with Gasteiger partial charge < -0.3 is 19.4 Å². The molecular weight excluding hydrogens is 441 g/mol. The van der Waals surface area contributed by atoms with Crippen LogP contribution in [0, 0.1) is 0 Å². The quantitative estimate of drug-likeness (QED) is 0.446. The number of aryl methyl sites for hydroxylation is 1. The molecule has 1 N–H and O–H groups in total. The van der Waals surface area contributed by atoms with Crippen molar-refractivity contribution in [3.05, 3.63) is 60.4 Å². The summed E-state index contributed by atoms with van der Waals surface area (Å²) in [5, 5.41) is 6.53. The summed E-state index contributed by atoms with van der Waals surface area (Å²) in [4.78, 5) is 20.7. The molecule has 170 valence electrons. The molecule has 12 heteroatoms. The van der Waals surface area contributed by atoms with Gasteiger partial charge in [-0.15, -0.1) is 0 Å². The van der Waals surface area contributed by atoms with E-state index in [9.17, 15) is 18.0 Å². The highest BCUT2D eigenvalue weighted by molar-refractivity contribution is 5.93. The Hall–Kier alpha value is -4.09. The molecule has 0 spiro atoms. The maximum absolute atomic E-state index is 13.8. The SMILES string of the molecule is O=C(NCCCn1ccnc1)c1cc2nc(-c3ccc4c(c3)OCO4)cc(C(F)(F)F)n2n1. The van der Waals surface area contributed by atoms with Gasteiger partial charge in [0.05, 0.1) is 12.0 Å². The van der Waals surface area contributed by atoms with Crippen LogP contribution in [-0.4, -0.2) is 43.4 Å². The maximum Gasteiger partial charge on any atom is 0.433 e. The zero-order valence-electron chi connectivity index (χ0n) is 17.0. The van der Waals surface area contributed by atoms with E-state index >= 15 is 0 Å². The van der Waals surface area contributed by atoms with E-state index in [0.29, 0.717) is 41.1 Å². The van der Waals surface area contributed by atoms with Crippen molar-refractivity contribution in [1.29, 1.82) is 0 Å². The number of hydrogen-bond acceptors (Lipinski definition) is 6. The molecule has 0 atom stereocenters. The van der Waals surface area contributed by atoms with Crippen LogP contribution >= 0.6 is 0 Å². The van der Waals surface area contributed by atoms with Gasteiger partial charge in [0.15, 0.2) is 28.5 Å². The number of amides is 1. The Balaban J connectivity index is 1.42. The number of halogens is 3. The minimum absolute atomic E-state index is 0.0441. The fourth-order valence-electron chi connectivity index (χ4n) is 3.46. The van der Waals surface area contributed by atoms with Crippen LogP contribution in [0.2, 0.25) is 0 Å². The summed E-state index contributed by atoms with van der Waals surface area (Å²) in [5.41, 5.74) is -0.807. The molecule has 9 nitrogen and oxygen atoms in total. The van der Waals surface area contributed by atoms with Crippen molar-refractivity contribution in [3.8, 4) is 22.8 Å². The van der Waals surface area contributed by atoms with E-state index in [1.54, 1.807) is 36.9 Å².